The van der Waals surface area contributed by atoms with Crippen molar-refractivity contribution in [3.05, 3.63) is 18.0 Å². The van der Waals surface area contributed by atoms with E-state index in [0.29, 0.717) is 25.6 Å². The van der Waals surface area contributed by atoms with E-state index in [-0.39, 0.29) is 5.75 Å². The van der Waals surface area contributed by atoms with Gasteiger partial charge in [0.05, 0.1) is 17.0 Å². The molecule has 0 aromatic carbocycles. The number of nitrogens with zero attached hydrogens (tertiary/aromatic N) is 3. The molecule has 21 heavy (non-hydrogen) atoms. The van der Waals surface area contributed by atoms with Crippen molar-refractivity contribution in [1.29, 1.82) is 0 Å². The third-order valence-electron chi connectivity index (χ3n) is 3.56. The van der Waals surface area contributed by atoms with Gasteiger partial charge in [0.25, 0.3) is 0 Å². The zero-order chi connectivity index (χ0) is 15.5. The summed E-state index contributed by atoms with van der Waals surface area (Å²) in [6.45, 7) is 7.52. The summed E-state index contributed by atoms with van der Waals surface area (Å²) in [5, 5.41) is 7.02. The Morgan fingerprint density at radius 3 is 2.90 bits per heavy atom. The molecule has 2 heterocycles. The molecule has 0 spiro atoms. The van der Waals surface area contributed by atoms with E-state index >= 15 is 0 Å². The van der Waals surface area contributed by atoms with Crippen molar-refractivity contribution in [2.45, 2.75) is 32.1 Å². The molecule has 2 rings (SSSR count). The van der Waals surface area contributed by atoms with Crippen molar-refractivity contribution in [3.63, 3.8) is 0 Å². The lowest BCUT2D eigenvalue weighted by molar-refractivity contribution is 0.353. The second kappa shape index (κ2) is 6.05. The standard InChI is InChI=1S/C13H22N4O3S/c1-4-14-12(15-9-11-5-7-20-16-11)17-6-8-21(18,19)13(2,3)10-17/h5,7H,4,6,8-10H2,1-3H3,(H,14,15). The molecule has 0 unspecified atom stereocenters. The minimum Gasteiger partial charge on any atom is -0.364 e. The molecule has 0 aliphatic carbocycles. The molecule has 0 radical (unpaired) electrons. The van der Waals surface area contributed by atoms with E-state index in [1.54, 1.807) is 19.9 Å². The molecule has 1 saturated heterocycles. The van der Waals surface area contributed by atoms with Gasteiger partial charge in [-0.05, 0) is 20.8 Å². The van der Waals surface area contributed by atoms with Gasteiger partial charge in [0, 0.05) is 25.7 Å². The zero-order valence-corrected chi connectivity index (χ0v) is 13.5. The van der Waals surface area contributed by atoms with Crippen LogP contribution in [0.4, 0.5) is 0 Å². The van der Waals surface area contributed by atoms with Gasteiger partial charge in [0.1, 0.15) is 12.0 Å². The maximum absolute atomic E-state index is 12.1. The lowest BCUT2D eigenvalue weighted by Crippen LogP contribution is -2.57. The summed E-state index contributed by atoms with van der Waals surface area (Å²) >= 11 is 0. The lowest BCUT2D eigenvalue weighted by atomic mass is 10.2. The Labute approximate surface area is 125 Å². The van der Waals surface area contributed by atoms with Crippen LogP contribution in [0.2, 0.25) is 0 Å². The topological polar surface area (TPSA) is 87.8 Å². The lowest BCUT2D eigenvalue weighted by Gasteiger charge is -2.39. The highest BCUT2D eigenvalue weighted by atomic mass is 32.2. The van der Waals surface area contributed by atoms with Crippen LogP contribution in [0.15, 0.2) is 21.8 Å². The molecule has 1 N–H and O–H groups in total. The number of guanidine groups is 1. The summed E-state index contributed by atoms with van der Waals surface area (Å²) in [5.74, 6) is 0.859. The summed E-state index contributed by atoms with van der Waals surface area (Å²) in [6.07, 6.45) is 1.51. The van der Waals surface area contributed by atoms with Crippen LogP contribution in [-0.2, 0) is 16.4 Å². The van der Waals surface area contributed by atoms with E-state index in [1.165, 1.54) is 6.26 Å². The number of nitrogens with one attached hydrogen (secondary N) is 1. The van der Waals surface area contributed by atoms with Crippen LogP contribution in [0.3, 0.4) is 0 Å². The quantitative estimate of drug-likeness (QED) is 0.651. The van der Waals surface area contributed by atoms with Gasteiger partial charge < -0.3 is 14.7 Å². The highest BCUT2D eigenvalue weighted by Gasteiger charge is 2.40. The maximum Gasteiger partial charge on any atom is 0.194 e. The number of hydrogen-bond donors (Lipinski definition) is 1. The average Bonchev–Trinajstić information content (AvgIpc) is 2.91. The van der Waals surface area contributed by atoms with Gasteiger partial charge in [-0.15, -0.1) is 0 Å². The van der Waals surface area contributed by atoms with Crippen LogP contribution in [-0.4, -0.2) is 54.6 Å². The third kappa shape index (κ3) is 3.55. The van der Waals surface area contributed by atoms with Gasteiger partial charge in [-0.1, -0.05) is 5.16 Å². The van der Waals surface area contributed by atoms with Gasteiger partial charge in [-0.25, -0.2) is 13.4 Å². The molecule has 1 aliphatic heterocycles. The van der Waals surface area contributed by atoms with Crippen LogP contribution >= 0.6 is 0 Å². The molecule has 8 heteroatoms. The van der Waals surface area contributed by atoms with Crippen molar-refractivity contribution >= 4 is 15.8 Å². The molecule has 0 amide bonds. The summed E-state index contributed by atoms with van der Waals surface area (Å²) in [4.78, 5) is 6.50. The fourth-order valence-electron chi connectivity index (χ4n) is 2.23. The molecule has 0 bridgehead atoms. The first-order chi connectivity index (χ1) is 9.86. The molecule has 1 aromatic rings. The van der Waals surface area contributed by atoms with Crippen molar-refractivity contribution < 1.29 is 12.9 Å². The first-order valence-corrected chi connectivity index (χ1v) is 8.66. The highest BCUT2D eigenvalue weighted by Crippen LogP contribution is 2.23. The second-order valence-corrected chi connectivity index (χ2v) is 8.40. The Morgan fingerprint density at radius 2 is 2.33 bits per heavy atom. The molecule has 118 valence electrons. The van der Waals surface area contributed by atoms with Crippen LogP contribution < -0.4 is 5.32 Å². The maximum atomic E-state index is 12.1. The molecule has 0 atom stereocenters. The SMILES string of the molecule is CCNC(=NCc1ccon1)N1CCS(=O)(=O)C(C)(C)C1. The van der Waals surface area contributed by atoms with Crippen LogP contribution in [0, 0.1) is 0 Å². The fraction of sp³-hybridized carbons (Fsp3) is 0.692. The molecule has 7 nitrogen and oxygen atoms in total. The van der Waals surface area contributed by atoms with Crippen molar-refractivity contribution in [3.8, 4) is 0 Å². The zero-order valence-electron chi connectivity index (χ0n) is 12.7. The van der Waals surface area contributed by atoms with E-state index in [1.807, 2.05) is 11.8 Å². The molecular weight excluding hydrogens is 292 g/mol. The summed E-state index contributed by atoms with van der Waals surface area (Å²) in [6, 6.07) is 1.76. The highest BCUT2D eigenvalue weighted by molar-refractivity contribution is 7.92. The molecular formula is C13H22N4O3S. The minimum atomic E-state index is -3.05. The summed E-state index contributed by atoms with van der Waals surface area (Å²) in [5.41, 5.74) is 0.745. The monoisotopic (exact) mass is 314 g/mol. The number of rotatable bonds is 3. The van der Waals surface area contributed by atoms with Gasteiger partial charge in [-0.3, -0.25) is 0 Å². The van der Waals surface area contributed by atoms with Crippen LogP contribution in [0.5, 0.6) is 0 Å². The largest absolute Gasteiger partial charge is 0.364 e. The smallest absolute Gasteiger partial charge is 0.194 e. The fourth-order valence-corrected chi connectivity index (χ4v) is 3.59. The Balaban J connectivity index is 2.13. The molecule has 1 aromatic heterocycles. The van der Waals surface area contributed by atoms with E-state index in [9.17, 15) is 8.42 Å². The first kappa shape index (κ1) is 15.8. The number of aliphatic imine (C=N–C) groups is 1. The van der Waals surface area contributed by atoms with Gasteiger partial charge in [-0.2, -0.15) is 0 Å². The van der Waals surface area contributed by atoms with Crippen LogP contribution in [0.1, 0.15) is 26.5 Å². The predicted octanol–water partition coefficient (Wildman–Crippen LogP) is 0.649. The van der Waals surface area contributed by atoms with Gasteiger partial charge in [0.15, 0.2) is 15.8 Å². The average molecular weight is 314 g/mol. The van der Waals surface area contributed by atoms with Crippen molar-refractivity contribution in [2.24, 2.45) is 4.99 Å². The van der Waals surface area contributed by atoms with E-state index in [4.69, 9.17) is 4.52 Å². The first-order valence-electron chi connectivity index (χ1n) is 7.00. The second-order valence-electron chi connectivity index (χ2n) is 5.66. The normalized spacial score (nSPS) is 21.3. The van der Waals surface area contributed by atoms with Gasteiger partial charge in [0.2, 0.25) is 0 Å². The van der Waals surface area contributed by atoms with Crippen molar-refractivity contribution in [2.75, 3.05) is 25.4 Å². The summed E-state index contributed by atoms with van der Waals surface area (Å²) < 4.78 is 28.1. The Hall–Kier alpha value is -1.57. The van der Waals surface area contributed by atoms with E-state index < -0.39 is 14.6 Å². The number of hydrogen-bond acceptors (Lipinski definition) is 5. The Bertz CT molecular complexity index is 593. The predicted molar refractivity (Wildman–Crippen MR) is 80.8 cm³/mol. The van der Waals surface area contributed by atoms with Gasteiger partial charge >= 0.3 is 0 Å². The molecule has 1 aliphatic rings. The number of sulfone groups is 1. The van der Waals surface area contributed by atoms with E-state index in [0.717, 1.165) is 12.2 Å². The van der Waals surface area contributed by atoms with E-state index in [2.05, 4.69) is 15.5 Å². The molecule has 0 saturated carbocycles. The number of aromatic nitrogens is 1. The van der Waals surface area contributed by atoms with Crippen molar-refractivity contribution in [1.82, 2.24) is 15.4 Å². The Kier molecular flexibility index (Phi) is 4.55. The minimum absolute atomic E-state index is 0.147. The molecule has 1 fully saturated rings. The third-order valence-corrected chi connectivity index (χ3v) is 6.09. The summed E-state index contributed by atoms with van der Waals surface area (Å²) in [7, 11) is -3.05. The van der Waals surface area contributed by atoms with Crippen LogP contribution in [0.25, 0.3) is 0 Å². The Morgan fingerprint density at radius 1 is 1.57 bits per heavy atom.